The number of hydrogen-bond acceptors (Lipinski definition) is 3. The molecule has 0 saturated carbocycles. The van der Waals surface area contributed by atoms with Gasteiger partial charge in [-0.25, -0.2) is 12.8 Å². The quantitative estimate of drug-likeness (QED) is 0.621. The van der Waals surface area contributed by atoms with Crippen LogP contribution in [-0.4, -0.2) is 14.2 Å². The first-order chi connectivity index (χ1) is 12.8. The second-order valence-corrected chi connectivity index (χ2v) is 7.99. The first-order valence-corrected chi connectivity index (χ1v) is 9.82. The molecule has 0 aliphatic carbocycles. The molecule has 0 radical (unpaired) electrons. The number of rotatable bonds is 5. The molecule has 0 saturated heterocycles. The van der Waals surface area contributed by atoms with E-state index < -0.39 is 15.8 Å². The molecule has 0 atom stereocenters. The summed E-state index contributed by atoms with van der Waals surface area (Å²) in [6.07, 6.45) is 0. The van der Waals surface area contributed by atoms with Gasteiger partial charge in [0.05, 0.1) is 10.6 Å². The summed E-state index contributed by atoms with van der Waals surface area (Å²) in [5.74, 6) is -0.899. The maximum absolute atomic E-state index is 13.3. The average molecular weight is 404 g/mol. The predicted octanol–water partition coefficient (Wildman–Crippen LogP) is 4.82. The molecule has 0 amide bonds. The minimum absolute atomic E-state index is 0.0723. The van der Waals surface area contributed by atoms with Gasteiger partial charge in [-0.2, -0.15) is 0 Å². The highest BCUT2D eigenvalue weighted by atomic mass is 35.5. The van der Waals surface area contributed by atoms with Crippen molar-refractivity contribution in [2.75, 3.05) is 4.72 Å². The zero-order chi connectivity index (χ0) is 19.6. The monoisotopic (exact) mass is 403 g/mol. The lowest BCUT2D eigenvalue weighted by atomic mass is 10.0. The van der Waals surface area contributed by atoms with Crippen molar-refractivity contribution in [3.63, 3.8) is 0 Å². The Bertz CT molecular complexity index is 1120. The van der Waals surface area contributed by atoms with E-state index in [1.54, 1.807) is 30.3 Å². The van der Waals surface area contributed by atoms with Gasteiger partial charge in [-0.3, -0.25) is 9.52 Å². The normalized spacial score (nSPS) is 11.2. The fourth-order valence-electron chi connectivity index (χ4n) is 2.65. The molecule has 0 fully saturated rings. The van der Waals surface area contributed by atoms with Gasteiger partial charge in [-0.05, 0) is 48.9 Å². The molecule has 0 aliphatic rings. The largest absolute Gasteiger partial charge is 0.289 e. The highest BCUT2D eigenvalue weighted by molar-refractivity contribution is 7.92. The molecule has 0 heterocycles. The summed E-state index contributed by atoms with van der Waals surface area (Å²) in [6.45, 7) is 1.50. The van der Waals surface area contributed by atoms with Gasteiger partial charge in [0.25, 0.3) is 10.0 Å². The molecule has 0 unspecified atom stereocenters. The van der Waals surface area contributed by atoms with Crippen LogP contribution < -0.4 is 4.72 Å². The zero-order valence-corrected chi connectivity index (χ0v) is 15.8. The third-order valence-corrected chi connectivity index (χ3v) is 5.69. The highest BCUT2D eigenvalue weighted by Crippen LogP contribution is 2.27. The molecule has 4 nitrogen and oxygen atoms in total. The molecule has 0 aromatic heterocycles. The average Bonchev–Trinajstić information content (AvgIpc) is 2.63. The topological polar surface area (TPSA) is 63.2 Å². The summed E-state index contributed by atoms with van der Waals surface area (Å²) in [5.41, 5.74) is 0.875. The van der Waals surface area contributed by atoms with Crippen LogP contribution in [0.15, 0.2) is 71.6 Å². The maximum atomic E-state index is 13.3. The summed E-state index contributed by atoms with van der Waals surface area (Å²) >= 11 is 6.01. The Hall–Kier alpha value is -2.70. The third kappa shape index (κ3) is 4.18. The van der Waals surface area contributed by atoms with E-state index in [0.29, 0.717) is 10.6 Å². The van der Waals surface area contributed by atoms with Crippen molar-refractivity contribution in [1.82, 2.24) is 0 Å². The molecule has 3 rings (SSSR count). The van der Waals surface area contributed by atoms with Gasteiger partial charge in [0, 0.05) is 16.1 Å². The molecule has 0 bridgehead atoms. The predicted molar refractivity (Wildman–Crippen MR) is 103 cm³/mol. The third-order valence-electron chi connectivity index (χ3n) is 3.93. The number of sulfonamides is 1. The van der Waals surface area contributed by atoms with Gasteiger partial charge in [-0.15, -0.1) is 0 Å². The Balaban J connectivity index is 2.04. The van der Waals surface area contributed by atoms with Crippen molar-refractivity contribution in [2.45, 2.75) is 11.8 Å². The smallest absolute Gasteiger partial charge is 0.262 e. The fourth-order valence-corrected chi connectivity index (χ4v) is 4.13. The standard InChI is InChI=1S/C20H15ClFNO3S/c1-13-11-16(22)8-10-19(13)27(25,26)23-18-9-7-15(21)12-17(18)20(24)14-5-3-2-4-6-14/h2-12,23H,1H3. The van der Waals surface area contributed by atoms with Gasteiger partial charge in [0.1, 0.15) is 5.82 Å². The second kappa shape index (κ2) is 7.50. The van der Waals surface area contributed by atoms with Crippen molar-refractivity contribution in [3.05, 3.63) is 94.3 Å². The Morgan fingerprint density at radius 3 is 2.37 bits per heavy atom. The van der Waals surface area contributed by atoms with Crippen LogP contribution in [-0.2, 0) is 10.0 Å². The minimum Gasteiger partial charge on any atom is -0.289 e. The van der Waals surface area contributed by atoms with E-state index in [1.165, 1.54) is 31.2 Å². The van der Waals surface area contributed by atoms with Crippen LogP contribution in [0.4, 0.5) is 10.1 Å². The van der Waals surface area contributed by atoms with Gasteiger partial charge >= 0.3 is 0 Å². The lowest BCUT2D eigenvalue weighted by molar-refractivity contribution is 0.103. The number of carbonyl (C=O) groups is 1. The summed E-state index contributed by atoms with van der Waals surface area (Å²) in [5, 5.41) is 0.301. The van der Waals surface area contributed by atoms with Crippen LogP contribution in [0.1, 0.15) is 21.5 Å². The number of ketones is 1. The molecule has 3 aromatic rings. The zero-order valence-electron chi connectivity index (χ0n) is 14.2. The summed E-state index contributed by atoms with van der Waals surface area (Å²) in [6, 6.07) is 16.2. The highest BCUT2D eigenvalue weighted by Gasteiger charge is 2.21. The molecular weight excluding hydrogens is 389 g/mol. The van der Waals surface area contributed by atoms with E-state index in [1.807, 2.05) is 0 Å². The van der Waals surface area contributed by atoms with Crippen LogP contribution >= 0.6 is 11.6 Å². The number of benzene rings is 3. The van der Waals surface area contributed by atoms with E-state index >= 15 is 0 Å². The molecule has 27 heavy (non-hydrogen) atoms. The number of carbonyl (C=O) groups excluding carboxylic acids is 1. The lowest BCUT2D eigenvalue weighted by Crippen LogP contribution is -2.17. The molecule has 7 heteroatoms. The van der Waals surface area contributed by atoms with E-state index in [4.69, 9.17) is 11.6 Å². The Morgan fingerprint density at radius 2 is 1.70 bits per heavy atom. The molecule has 3 aromatic carbocycles. The van der Waals surface area contributed by atoms with E-state index in [-0.39, 0.29) is 27.5 Å². The van der Waals surface area contributed by atoms with Gasteiger partial charge in [-0.1, -0.05) is 41.9 Å². The van der Waals surface area contributed by atoms with E-state index in [0.717, 1.165) is 12.1 Å². The minimum atomic E-state index is -4.02. The van der Waals surface area contributed by atoms with Crippen LogP contribution in [0.25, 0.3) is 0 Å². The van der Waals surface area contributed by atoms with Crippen LogP contribution in [0.3, 0.4) is 0 Å². The molecule has 0 spiro atoms. The van der Waals surface area contributed by atoms with E-state index in [9.17, 15) is 17.6 Å². The lowest BCUT2D eigenvalue weighted by Gasteiger charge is -2.14. The Morgan fingerprint density at radius 1 is 1.00 bits per heavy atom. The molecule has 1 N–H and O–H groups in total. The summed E-state index contributed by atoms with van der Waals surface area (Å²) < 4.78 is 41.2. The van der Waals surface area contributed by atoms with Crippen molar-refractivity contribution >= 4 is 33.1 Å². The van der Waals surface area contributed by atoms with E-state index in [2.05, 4.69) is 4.72 Å². The van der Waals surface area contributed by atoms with Gasteiger partial charge in [0.2, 0.25) is 0 Å². The van der Waals surface area contributed by atoms with Gasteiger partial charge in [0.15, 0.2) is 5.78 Å². The number of halogens is 2. The fraction of sp³-hybridized carbons (Fsp3) is 0.0500. The van der Waals surface area contributed by atoms with Crippen LogP contribution in [0, 0.1) is 12.7 Å². The van der Waals surface area contributed by atoms with Crippen molar-refractivity contribution < 1.29 is 17.6 Å². The Kier molecular flexibility index (Phi) is 5.30. The molecule has 138 valence electrons. The van der Waals surface area contributed by atoms with Crippen LogP contribution in [0.2, 0.25) is 5.02 Å². The maximum Gasteiger partial charge on any atom is 0.262 e. The molecule has 0 aliphatic heterocycles. The second-order valence-electron chi connectivity index (χ2n) is 5.90. The number of hydrogen-bond donors (Lipinski definition) is 1. The van der Waals surface area contributed by atoms with Crippen molar-refractivity contribution in [1.29, 1.82) is 0 Å². The SMILES string of the molecule is Cc1cc(F)ccc1S(=O)(=O)Nc1ccc(Cl)cc1C(=O)c1ccccc1. The summed E-state index contributed by atoms with van der Waals surface area (Å²) in [7, 11) is -4.02. The Labute approximate surface area is 161 Å². The number of anilines is 1. The number of aryl methyl sites for hydroxylation is 1. The first kappa shape index (κ1) is 19.1. The van der Waals surface area contributed by atoms with Crippen LogP contribution in [0.5, 0.6) is 0 Å². The first-order valence-electron chi connectivity index (χ1n) is 7.96. The number of nitrogens with one attached hydrogen (secondary N) is 1. The van der Waals surface area contributed by atoms with Crippen molar-refractivity contribution in [3.8, 4) is 0 Å². The summed E-state index contributed by atoms with van der Waals surface area (Å²) in [4.78, 5) is 12.7. The van der Waals surface area contributed by atoms with Crippen molar-refractivity contribution in [2.24, 2.45) is 0 Å². The molecular formula is C20H15ClFNO3S. The van der Waals surface area contributed by atoms with Gasteiger partial charge < -0.3 is 0 Å².